The molecule has 0 bridgehead atoms. The van der Waals surface area contributed by atoms with E-state index in [9.17, 15) is 4.79 Å². The summed E-state index contributed by atoms with van der Waals surface area (Å²) < 4.78 is 2.01. The standard InChI is InChI=1S/C11H12BrIN2OS/c1-11(2,9(14)17)10(16)15-6-3-4-8(13)7(12)5-6/h3-5H,1-2H3,(H2,14,17)(H,15,16). The van der Waals surface area contributed by atoms with Crippen LogP contribution in [0.25, 0.3) is 0 Å². The first-order valence-corrected chi connectivity index (χ1v) is 7.09. The number of nitrogens with two attached hydrogens (primary N) is 1. The molecule has 6 heteroatoms. The second kappa shape index (κ2) is 5.62. The number of benzene rings is 1. The van der Waals surface area contributed by atoms with E-state index in [-0.39, 0.29) is 10.9 Å². The normalized spacial score (nSPS) is 11.1. The number of anilines is 1. The van der Waals surface area contributed by atoms with Gasteiger partial charge in [0.05, 0.1) is 10.4 Å². The summed E-state index contributed by atoms with van der Waals surface area (Å²) in [6, 6.07) is 5.59. The molecular formula is C11H12BrIN2OS. The zero-order chi connectivity index (χ0) is 13.2. The lowest BCUT2D eigenvalue weighted by molar-refractivity contribution is -0.121. The lowest BCUT2D eigenvalue weighted by Gasteiger charge is -2.22. The summed E-state index contributed by atoms with van der Waals surface area (Å²) in [7, 11) is 0. The first-order valence-electron chi connectivity index (χ1n) is 4.81. The number of halogens is 2. The van der Waals surface area contributed by atoms with E-state index in [1.54, 1.807) is 13.8 Å². The zero-order valence-corrected chi connectivity index (χ0v) is 13.9. The molecule has 0 unspecified atom stereocenters. The van der Waals surface area contributed by atoms with Gasteiger partial charge in [-0.05, 0) is 70.6 Å². The fourth-order valence-corrected chi connectivity index (χ4v) is 1.78. The number of thiocarbonyl (C=S) groups is 1. The Morgan fingerprint density at radius 1 is 1.53 bits per heavy atom. The van der Waals surface area contributed by atoms with Crippen molar-refractivity contribution in [2.24, 2.45) is 11.1 Å². The fraction of sp³-hybridized carbons (Fsp3) is 0.273. The van der Waals surface area contributed by atoms with E-state index >= 15 is 0 Å². The predicted octanol–water partition coefficient (Wildman–Crippen LogP) is 3.30. The van der Waals surface area contributed by atoms with E-state index in [1.165, 1.54) is 0 Å². The van der Waals surface area contributed by atoms with Crippen LogP contribution in [-0.4, -0.2) is 10.9 Å². The van der Waals surface area contributed by atoms with Gasteiger partial charge in [-0.3, -0.25) is 4.79 Å². The molecule has 0 saturated heterocycles. The summed E-state index contributed by atoms with van der Waals surface area (Å²) in [5, 5.41) is 2.79. The molecule has 1 amide bonds. The van der Waals surface area contributed by atoms with Crippen molar-refractivity contribution in [3.63, 3.8) is 0 Å². The van der Waals surface area contributed by atoms with Crippen molar-refractivity contribution in [1.82, 2.24) is 0 Å². The second-order valence-electron chi connectivity index (χ2n) is 4.07. The van der Waals surface area contributed by atoms with Gasteiger partial charge in [0.15, 0.2) is 0 Å². The van der Waals surface area contributed by atoms with Gasteiger partial charge in [0.2, 0.25) is 5.91 Å². The molecule has 0 aromatic heterocycles. The van der Waals surface area contributed by atoms with Crippen LogP contribution >= 0.6 is 50.7 Å². The Hall–Kier alpha value is -0.210. The topological polar surface area (TPSA) is 55.1 Å². The van der Waals surface area contributed by atoms with Gasteiger partial charge in [0, 0.05) is 13.7 Å². The third-order valence-electron chi connectivity index (χ3n) is 2.36. The Morgan fingerprint density at radius 3 is 2.59 bits per heavy atom. The highest BCUT2D eigenvalue weighted by Gasteiger charge is 2.30. The quantitative estimate of drug-likeness (QED) is 0.575. The molecule has 0 atom stereocenters. The van der Waals surface area contributed by atoms with Crippen LogP contribution in [0.5, 0.6) is 0 Å². The average molecular weight is 427 g/mol. The minimum Gasteiger partial charge on any atom is -0.392 e. The average Bonchev–Trinajstić information content (AvgIpc) is 2.23. The van der Waals surface area contributed by atoms with E-state index in [0.29, 0.717) is 5.69 Å². The largest absolute Gasteiger partial charge is 0.392 e. The van der Waals surface area contributed by atoms with Gasteiger partial charge in [-0.1, -0.05) is 12.2 Å². The third kappa shape index (κ3) is 3.62. The zero-order valence-electron chi connectivity index (χ0n) is 9.38. The Bertz CT molecular complexity index is 477. The van der Waals surface area contributed by atoms with Gasteiger partial charge < -0.3 is 11.1 Å². The molecule has 1 rings (SSSR count). The summed E-state index contributed by atoms with van der Waals surface area (Å²) in [5.74, 6) is -0.210. The summed E-state index contributed by atoms with van der Waals surface area (Å²) in [4.78, 5) is 12.2. The van der Waals surface area contributed by atoms with Crippen molar-refractivity contribution in [2.75, 3.05) is 5.32 Å². The second-order valence-corrected chi connectivity index (χ2v) is 6.53. The van der Waals surface area contributed by atoms with Crippen LogP contribution in [0, 0.1) is 8.99 Å². The van der Waals surface area contributed by atoms with Crippen LogP contribution in [0.1, 0.15) is 13.8 Å². The highest BCUT2D eigenvalue weighted by Crippen LogP contribution is 2.24. The van der Waals surface area contributed by atoms with Crippen molar-refractivity contribution >= 4 is 67.3 Å². The van der Waals surface area contributed by atoms with Crippen molar-refractivity contribution in [1.29, 1.82) is 0 Å². The molecule has 0 radical (unpaired) electrons. The maximum Gasteiger partial charge on any atom is 0.236 e. The molecule has 0 aliphatic rings. The summed E-state index contributed by atoms with van der Waals surface area (Å²) >= 11 is 10.5. The molecular weight excluding hydrogens is 415 g/mol. The van der Waals surface area contributed by atoms with Crippen molar-refractivity contribution in [2.45, 2.75) is 13.8 Å². The summed E-state index contributed by atoms with van der Waals surface area (Å²) in [6.45, 7) is 3.40. The minimum absolute atomic E-state index is 0.180. The number of hydrogen-bond acceptors (Lipinski definition) is 2. The van der Waals surface area contributed by atoms with Crippen LogP contribution in [0.2, 0.25) is 0 Å². The van der Waals surface area contributed by atoms with Crippen molar-refractivity contribution in [3.8, 4) is 0 Å². The number of nitrogens with one attached hydrogen (secondary N) is 1. The molecule has 1 aromatic rings. The SMILES string of the molecule is CC(C)(C(=O)Nc1ccc(I)c(Br)c1)C(N)=S. The van der Waals surface area contributed by atoms with Gasteiger partial charge >= 0.3 is 0 Å². The Morgan fingerprint density at radius 2 is 2.12 bits per heavy atom. The van der Waals surface area contributed by atoms with E-state index in [0.717, 1.165) is 8.04 Å². The van der Waals surface area contributed by atoms with Crippen molar-refractivity contribution in [3.05, 3.63) is 26.2 Å². The van der Waals surface area contributed by atoms with Gasteiger partial charge in [0.1, 0.15) is 0 Å². The van der Waals surface area contributed by atoms with E-state index in [1.807, 2.05) is 18.2 Å². The molecule has 0 saturated carbocycles. The number of carbonyl (C=O) groups is 1. The number of hydrogen-bond donors (Lipinski definition) is 2. The van der Waals surface area contributed by atoms with Gasteiger partial charge in [-0.15, -0.1) is 0 Å². The molecule has 3 nitrogen and oxygen atoms in total. The summed E-state index contributed by atoms with van der Waals surface area (Å²) in [5.41, 5.74) is 5.40. The molecule has 17 heavy (non-hydrogen) atoms. The van der Waals surface area contributed by atoms with Crippen LogP contribution < -0.4 is 11.1 Å². The fourth-order valence-electron chi connectivity index (χ4n) is 0.973. The van der Waals surface area contributed by atoms with E-state index in [2.05, 4.69) is 43.8 Å². The monoisotopic (exact) mass is 426 g/mol. The number of carbonyl (C=O) groups excluding carboxylic acids is 1. The molecule has 0 heterocycles. The molecule has 1 aromatic carbocycles. The summed E-state index contributed by atoms with van der Waals surface area (Å²) in [6.07, 6.45) is 0. The first kappa shape index (κ1) is 14.8. The van der Waals surface area contributed by atoms with Gasteiger partial charge in [-0.25, -0.2) is 0 Å². The Balaban J connectivity index is 2.89. The lowest BCUT2D eigenvalue weighted by Crippen LogP contribution is -2.41. The van der Waals surface area contributed by atoms with Crippen LogP contribution in [0.15, 0.2) is 22.7 Å². The van der Waals surface area contributed by atoms with Crippen LogP contribution in [-0.2, 0) is 4.79 Å². The first-order chi connectivity index (χ1) is 7.75. The van der Waals surface area contributed by atoms with Crippen molar-refractivity contribution < 1.29 is 4.79 Å². The van der Waals surface area contributed by atoms with E-state index < -0.39 is 5.41 Å². The van der Waals surface area contributed by atoms with Gasteiger partial charge in [0.25, 0.3) is 0 Å². The van der Waals surface area contributed by atoms with E-state index in [4.69, 9.17) is 18.0 Å². The molecule has 92 valence electrons. The maximum atomic E-state index is 12.0. The lowest BCUT2D eigenvalue weighted by atomic mass is 9.92. The number of rotatable bonds is 3. The molecule has 0 aliphatic heterocycles. The predicted molar refractivity (Wildman–Crippen MR) is 86.1 cm³/mol. The molecule has 3 N–H and O–H groups in total. The smallest absolute Gasteiger partial charge is 0.236 e. The molecule has 0 spiro atoms. The third-order valence-corrected chi connectivity index (χ3v) is 5.21. The minimum atomic E-state index is -0.856. The molecule has 0 aliphatic carbocycles. The highest BCUT2D eigenvalue weighted by molar-refractivity contribution is 14.1. The highest BCUT2D eigenvalue weighted by atomic mass is 127. The molecule has 0 fully saturated rings. The van der Waals surface area contributed by atoms with Gasteiger partial charge in [-0.2, -0.15) is 0 Å². The van der Waals surface area contributed by atoms with Crippen LogP contribution in [0.4, 0.5) is 5.69 Å². The maximum absolute atomic E-state index is 12.0. The number of amides is 1. The Labute approximate surface area is 128 Å². The Kier molecular flexibility index (Phi) is 4.91. The van der Waals surface area contributed by atoms with Crippen LogP contribution in [0.3, 0.4) is 0 Å².